The third-order valence-corrected chi connectivity index (χ3v) is 4.09. The van der Waals surface area contributed by atoms with Crippen LogP contribution in [0.3, 0.4) is 0 Å². The van der Waals surface area contributed by atoms with E-state index in [0.29, 0.717) is 6.54 Å². The summed E-state index contributed by atoms with van der Waals surface area (Å²) in [5, 5.41) is 11.1. The molecule has 0 aliphatic carbocycles. The first kappa shape index (κ1) is 15.1. The number of aromatic nitrogens is 1. The van der Waals surface area contributed by atoms with E-state index in [1.807, 2.05) is 0 Å². The molecule has 0 atom stereocenters. The van der Waals surface area contributed by atoms with Gasteiger partial charge in [0.1, 0.15) is 16.7 Å². The highest BCUT2D eigenvalue weighted by Gasteiger charge is 2.23. The molecule has 0 aromatic carbocycles. The van der Waals surface area contributed by atoms with Crippen LogP contribution in [0.1, 0.15) is 12.6 Å². The van der Waals surface area contributed by atoms with Gasteiger partial charge in [-0.05, 0) is 19.1 Å². The van der Waals surface area contributed by atoms with Crippen molar-refractivity contribution in [1.29, 1.82) is 5.26 Å². The second-order valence-electron chi connectivity index (χ2n) is 3.71. The maximum Gasteiger partial charge on any atom is 0.244 e. The van der Waals surface area contributed by atoms with Crippen molar-refractivity contribution in [3.05, 3.63) is 24.0 Å². The summed E-state index contributed by atoms with van der Waals surface area (Å²) in [4.78, 5) is 15.0. The molecule has 8 heteroatoms. The van der Waals surface area contributed by atoms with Crippen molar-refractivity contribution in [3.8, 4) is 6.07 Å². The number of nitrogens with zero attached hydrogens (tertiary/aromatic N) is 3. The van der Waals surface area contributed by atoms with Crippen LogP contribution in [0.15, 0.2) is 23.2 Å². The Morgan fingerprint density at radius 1 is 1.53 bits per heavy atom. The van der Waals surface area contributed by atoms with E-state index in [1.54, 1.807) is 13.0 Å². The topological polar surface area (TPSA) is 103 Å². The molecule has 1 rings (SSSR count). The summed E-state index contributed by atoms with van der Waals surface area (Å²) in [7, 11) is -2.47. The van der Waals surface area contributed by atoms with Gasteiger partial charge in [0.05, 0.1) is 6.54 Å². The highest BCUT2D eigenvalue weighted by molar-refractivity contribution is 7.89. The zero-order chi connectivity index (χ0) is 14.5. The SMILES string of the molecule is CCNC(=O)CN(C)S(=O)(=O)c1ccc(C#N)nc1. The van der Waals surface area contributed by atoms with E-state index in [9.17, 15) is 13.2 Å². The Morgan fingerprint density at radius 2 is 2.21 bits per heavy atom. The molecule has 0 aliphatic rings. The van der Waals surface area contributed by atoms with E-state index in [2.05, 4.69) is 10.3 Å². The monoisotopic (exact) mass is 282 g/mol. The van der Waals surface area contributed by atoms with Gasteiger partial charge in [0.2, 0.25) is 15.9 Å². The van der Waals surface area contributed by atoms with Crippen molar-refractivity contribution in [2.75, 3.05) is 20.1 Å². The molecule has 1 amide bonds. The standard InChI is InChI=1S/C11H14N4O3S/c1-3-13-11(16)8-15(2)19(17,18)10-5-4-9(6-12)14-7-10/h4-5,7H,3,8H2,1-2H3,(H,13,16). The lowest BCUT2D eigenvalue weighted by molar-refractivity contribution is -0.121. The van der Waals surface area contributed by atoms with Crippen LogP contribution in [0.4, 0.5) is 0 Å². The van der Waals surface area contributed by atoms with Crippen molar-refractivity contribution >= 4 is 15.9 Å². The highest BCUT2D eigenvalue weighted by Crippen LogP contribution is 2.12. The van der Waals surface area contributed by atoms with E-state index < -0.39 is 10.0 Å². The first-order chi connectivity index (χ1) is 8.91. The number of nitriles is 1. The number of hydrogen-bond acceptors (Lipinski definition) is 5. The number of amides is 1. The van der Waals surface area contributed by atoms with Gasteiger partial charge < -0.3 is 5.32 Å². The molecule has 7 nitrogen and oxygen atoms in total. The third-order valence-electron chi connectivity index (χ3n) is 2.30. The largest absolute Gasteiger partial charge is 0.355 e. The fraction of sp³-hybridized carbons (Fsp3) is 0.364. The van der Waals surface area contributed by atoms with Crippen molar-refractivity contribution in [2.45, 2.75) is 11.8 Å². The molecule has 102 valence electrons. The van der Waals surface area contributed by atoms with Crippen molar-refractivity contribution in [3.63, 3.8) is 0 Å². The minimum atomic E-state index is -3.78. The lowest BCUT2D eigenvalue weighted by Gasteiger charge is -2.16. The zero-order valence-corrected chi connectivity index (χ0v) is 11.4. The first-order valence-electron chi connectivity index (χ1n) is 5.51. The molecule has 1 aromatic rings. The molecule has 0 fully saturated rings. The number of carbonyl (C=O) groups excluding carboxylic acids is 1. The second kappa shape index (κ2) is 6.26. The minimum Gasteiger partial charge on any atom is -0.355 e. The Balaban J connectivity index is 2.90. The number of rotatable bonds is 5. The molecule has 0 unspecified atom stereocenters. The quantitative estimate of drug-likeness (QED) is 0.799. The Labute approximate surface area is 111 Å². The van der Waals surface area contributed by atoms with Crippen LogP contribution in [0.25, 0.3) is 0 Å². The molecule has 0 radical (unpaired) electrons. The molecule has 0 saturated heterocycles. The zero-order valence-electron chi connectivity index (χ0n) is 10.6. The predicted octanol–water partition coefficient (Wildman–Crippen LogP) is -0.290. The van der Waals surface area contributed by atoms with Crippen molar-refractivity contribution in [2.24, 2.45) is 0 Å². The highest BCUT2D eigenvalue weighted by atomic mass is 32.2. The molecule has 1 aromatic heterocycles. The van der Waals surface area contributed by atoms with Crippen LogP contribution in [0.5, 0.6) is 0 Å². The third kappa shape index (κ3) is 3.74. The summed E-state index contributed by atoms with van der Waals surface area (Å²) < 4.78 is 25.1. The summed E-state index contributed by atoms with van der Waals surface area (Å²) in [6.07, 6.45) is 1.10. The van der Waals surface area contributed by atoms with E-state index in [0.717, 1.165) is 10.5 Å². The average Bonchev–Trinajstić information content (AvgIpc) is 2.39. The van der Waals surface area contributed by atoms with Crippen LogP contribution in [0.2, 0.25) is 0 Å². The molecule has 0 bridgehead atoms. The Morgan fingerprint density at radius 3 is 2.68 bits per heavy atom. The van der Waals surface area contributed by atoms with Crippen molar-refractivity contribution in [1.82, 2.24) is 14.6 Å². The van der Waals surface area contributed by atoms with E-state index in [-0.39, 0.29) is 23.0 Å². The van der Waals surface area contributed by atoms with Gasteiger partial charge in [-0.25, -0.2) is 13.4 Å². The number of carbonyl (C=O) groups is 1. The summed E-state index contributed by atoms with van der Waals surface area (Å²) in [5.74, 6) is -0.379. The first-order valence-corrected chi connectivity index (χ1v) is 6.95. The van der Waals surface area contributed by atoms with E-state index in [4.69, 9.17) is 5.26 Å². The summed E-state index contributed by atoms with van der Waals surface area (Å²) in [6, 6.07) is 4.40. The smallest absolute Gasteiger partial charge is 0.244 e. The minimum absolute atomic E-state index is 0.0571. The van der Waals surface area contributed by atoms with Gasteiger partial charge in [-0.2, -0.15) is 9.57 Å². The van der Waals surface area contributed by atoms with Crippen LogP contribution in [-0.2, 0) is 14.8 Å². The molecule has 0 aliphatic heterocycles. The van der Waals surface area contributed by atoms with Crippen LogP contribution in [0, 0.1) is 11.3 Å². The van der Waals surface area contributed by atoms with Gasteiger partial charge in [0.25, 0.3) is 0 Å². The van der Waals surface area contributed by atoms with Gasteiger partial charge in [0, 0.05) is 19.8 Å². The van der Waals surface area contributed by atoms with Gasteiger partial charge in [-0.1, -0.05) is 0 Å². The van der Waals surface area contributed by atoms with Gasteiger partial charge in [-0.3, -0.25) is 4.79 Å². The summed E-state index contributed by atoms with van der Waals surface area (Å²) in [5.41, 5.74) is 0.130. The predicted molar refractivity (Wildman–Crippen MR) is 67.5 cm³/mol. The number of hydrogen-bond donors (Lipinski definition) is 1. The number of likely N-dealkylation sites (N-methyl/N-ethyl adjacent to an activating group) is 2. The fourth-order valence-corrected chi connectivity index (χ4v) is 2.39. The summed E-state index contributed by atoms with van der Waals surface area (Å²) >= 11 is 0. The molecule has 0 spiro atoms. The number of sulfonamides is 1. The average molecular weight is 282 g/mol. The normalized spacial score (nSPS) is 11.1. The van der Waals surface area contributed by atoms with Gasteiger partial charge in [0.15, 0.2) is 0 Å². The van der Waals surface area contributed by atoms with Gasteiger partial charge >= 0.3 is 0 Å². The molecule has 0 saturated carbocycles. The maximum atomic E-state index is 12.1. The molecule has 1 N–H and O–H groups in total. The number of nitrogens with one attached hydrogen (secondary N) is 1. The molecular formula is C11H14N4O3S. The van der Waals surface area contributed by atoms with Crippen molar-refractivity contribution < 1.29 is 13.2 Å². The Hall–Kier alpha value is -1.98. The maximum absolute atomic E-state index is 12.1. The van der Waals surface area contributed by atoms with Crippen LogP contribution in [-0.4, -0.2) is 43.8 Å². The second-order valence-corrected chi connectivity index (χ2v) is 5.75. The summed E-state index contributed by atoms with van der Waals surface area (Å²) in [6.45, 7) is 1.91. The van der Waals surface area contributed by atoms with Crippen LogP contribution < -0.4 is 5.32 Å². The molecule has 19 heavy (non-hydrogen) atoms. The van der Waals surface area contributed by atoms with E-state index >= 15 is 0 Å². The van der Waals surface area contributed by atoms with E-state index in [1.165, 1.54) is 19.2 Å². The molecular weight excluding hydrogens is 268 g/mol. The Kier molecular flexibility index (Phi) is 4.97. The fourth-order valence-electron chi connectivity index (χ4n) is 1.32. The lowest BCUT2D eigenvalue weighted by atomic mass is 10.4. The van der Waals surface area contributed by atoms with Crippen LogP contribution >= 0.6 is 0 Å². The lowest BCUT2D eigenvalue weighted by Crippen LogP contribution is -2.38. The molecule has 1 heterocycles. The Bertz CT molecular complexity index is 589. The van der Waals surface area contributed by atoms with Gasteiger partial charge in [-0.15, -0.1) is 0 Å². The number of pyridine rings is 1.